The van der Waals surface area contributed by atoms with E-state index in [0.717, 1.165) is 12.8 Å². The lowest BCUT2D eigenvalue weighted by molar-refractivity contribution is 0.126. The van der Waals surface area contributed by atoms with Gasteiger partial charge in [-0.3, -0.25) is 0 Å². The van der Waals surface area contributed by atoms with Crippen molar-refractivity contribution in [1.82, 2.24) is 0 Å². The average Bonchev–Trinajstić information content (AvgIpc) is 3.09. The first kappa shape index (κ1) is 7.82. The van der Waals surface area contributed by atoms with E-state index in [-0.39, 0.29) is 11.3 Å². The molecule has 0 radical (unpaired) electrons. The number of azo groups is 1. The fourth-order valence-corrected chi connectivity index (χ4v) is 4.16. The van der Waals surface area contributed by atoms with Crippen LogP contribution in [0.25, 0.3) is 0 Å². The molecule has 0 saturated heterocycles. The summed E-state index contributed by atoms with van der Waals surface area (Å²) in [6, 6.07) is 4.78. The van der Waals surface area contributed by atoms with Crippen LogP contribution in [0.3, 0.4) is 0 Å². The molecule has 4 heteroatoms. The third-order valence-electron chi connectivity index (χ3n) is 5.25. The molecule has 2 bridgehead atoms. The quantitative estimate of drug-likeness (QED) is 0.593. The summed E-state index contributed by atoms with van der Waals surface area (Å²) in [5.74, 6) is 0.916. The van der Waals surface area contributed by atoms with Gasteiger partial charge in [-0.1, -0.05) is 6.92 Å². The second-order valence-electron chi connectivity index (χ2n) is 5.64. The third-order valence-corrected chi connectivity index (χ3v) is 5.25. The van der Waals surface area contributed by atoms with E-state index >= 15 is 0 Å². The van der Waals surface area contributed by atoms with Gasteiger partial charge in [-0.2, -0.15) is 20.8 Å². The minimum Gasteiger partial charge on any atom is -0.196 e. The molecular weight excluding hydrogens is 188 g/mol. The zero-order chi connectivity index (χ0) is 10.5. The molecule has 5 aliphatic rings. The molecule has 3 saturated carbocycles. The lowest BCUT2D eigenvalue weighted by Gasteiger charge is -2.42. The van der Waals surface area contributed by atoms with Crippen LogP contribution in [-0.4, -0.2) is 11.1 Å². The summed E-state index contributed by atoms with van der Waals surface area (Å²) in [5, 5.41) is 27.2. The van der Waals surface area contributed by atoms with E-state index in [4.69, 9.17) is 0 Å². The number of hydrogen-bond donors (Lipinski definition) is 0. The fourth-order valence-electron chi connectivity index (χ4n) is 4.16. The van der Waals surface area contributed by atoms with Crippen LogP contribution in [0.5, 0.6) is 0 Å². The summed E-state index contributed by atoms with van der Waals surface area (Å²) in [5.41, 5.74) is -1.20. The van der Waals surface area contributed by atoms with Gasteiger partial charge in [-0.05, 0) is 12.8 Å². The van der Waals surface area contributed by atoms with Crippen LogP contribution >= 0.6 is 0 Å². The van der Waals surface area contributed by atoms with Gasteiger partial charge in [0.1, 0.15) is 0 Å². The van der Waals surface area contributed by atoms with Crippen molar-refractivity contribution in [2.45, 2.75) is 30.8 Å². The maximum absolute atomic E-state index is 9.40. The van der Waals surface area contributed by atoms with Crippen molar-refractivity contribution in [3.8, 4) is 12.1 Å². The summed E-state index contributed by atoms with van der Waals surface area (Å²) in [6.45, 7) is 2.11. The van der Waals surface area contributed by atoms with Crippen LogP contribution < -0.4 is 0 Å². The van der Waals surface area contributed by atoms with E-state index in [1.165, 1.54) is 0 Å². The molecule has 0 N–H and O–H groups in total. The summed E-state index contributed by atoms with van der Waals surface area (Å²) in [4.78, 5) is 0. The summed E-state index contributed by atoms with van der Waals surface area (Å²) in [6.07, 6.45) is 1.92. The highest BCUT2D eigenvalue weighted by atomic mass is 15.3. The van der Waals surface area contributed by atoms with E-state index in [1.54, 1.807) is 0 Å². The van der Waals surface area contributed by atoms with E-state index in [0.29, 0.717) is 11.8 Å². The number of nitriles is 2. The Bertz CT molecular complexity index is 498. The first-order valence-corrected chi connectivity index (χ1v) is 5.41. The molecule has 74 valence electrons. The van der Waals surface area contributed by atoms with Gasteiger partial charge in [0.25, 0.3) is 0 Å². The SMILES string of the molecule is C[C@@]12C[C@@H]1[C@]1(C#N)N=N[C@@]2(C#N)[C@H]2C[C@H]21. The van der Waals surface area contributed by atoms with Crippen molar-refractivity contribution in [3.63, 3.8) is 0 Å². The Hall–Kier alpha value is -1.42. The van der Waals surface area contributed by atoms with Gasteiger partial charge in [0.2, 0.25) is 0 Å². The third kappa shape index (κ3) is 0.491. The first-order valence-electron chi connectivity index (χ1n) is 5.41. The summed E-state index contributed by atoms with van der Waals surface area (Å²) in [7, 11) is 0. The van der Waals surface area contributed by atoms with Crippen molar-refractivity contribution < 1.29 is 0 Å². The Balaban J connectivity index is 2.03. The Morgan fingerprint density at radius 1 is 1.20 bits per heavy atom. The average molecular weight is 198 g/mol. The van der Waals surface area contributed by atoms with Crippen molar-refractivity contribution in [1.29, 1.82) is 10.5 Å². The van der Waals surface area contributed by atoms with E-state index in [9.17, 15) is 10.5 Å². The fraction of sp³-hybridized carbons (Fsp3) is 0.818. The number of rotatable bonds is 0. The molecular formula is C11H10N4. The number of nitrogens with zero attached hydrogens (tertiary/aromatic N) is 4. The largest absolute Gasteiger partial charge is 0.196 e. The lowest BCUT2D eigenvalue weighted by Crippen LogP contribution is -2.53. The summed E-state index contributed by atoms with van der Waals surface area (Å²) >= 11 is 0. The predicted octanol–water partition coefficient (Wildman–Crippen LogP) is 1.65. The van der Waals surface area contributed by atoms with Gasteiger partial charge in [-0.15, -0.1) is 0 Å². The van der Waals surface area contributed by atoms with Crippen molar-refractivity contribution >= 4 is 0 Å². The molecule has 0 spiro atoms. The number of hydrogen-bond acceptors (Lipinski definition) is 4. The Labute approximate surface area is 87.6 Å². The molecule has 0 aromatic heterocycles. The van der Waals surface area contributed by atoms with Crippen LogP contribution in [0.2, 0.25) is 0 Å². The van der Waals surface area contributed by atoms with Gasteiger partial charge in [0.15, 0.2) is 11.1 Å². The Morgan fingerprint density at radius 2 is 2.00 bits per heavy atom. The molecule has 3 fully saturated rings. The van der Waals surface area contributed by atoms with Crippen molar-refractivity contribution in [2.24, 2.45) is 33.4 Å². The van der Waals surface area contributed by atoms with Crippen molar-refractivity contribution in [2.75, 3.05) is 0 Å². The highest BCUT2D eigenvalue weighted by molar-refractivity contribution is 5.46. The van der Waals surface area contributed by atoms with E-state index in [1.807, 2.05) is 0 Å². The lowest BCUT2D eigenvalue weighted by atomic mass is 9.66. The molecule has 2 aliphatic heterocycles. The highest BCUT2D eigenvalue weighted by Gasteiger charge is 2.87. The molecule has 5 rings (SSSR count). The van der Waals surface area contributed by atoms with Crippen LogP contribution in [0.1, 0.15) is 19.8 Å². The normalized spacial score (nSPS) is 66.2. The smallest absolute Gasteiger partial charge is 0.176 e. The van der Waals surface area contributed by atoms with E-state index in [2.05, 4.69) is 29.3 Å². The Kier molecular flexibility index (Phi) is 0.882. The van der Waals surface area contributed by atoms with Gasteiger partial charge < -0.3 is 0 Å². The first-order chi connectivity index (χ1) is 7.14. The van der Waals surface area contributed by atoms with Gasteiger partial charge in [0.05, 0.1) is 12.1 Å². The molecule has 0 amide bonds. The van der Waals surface area contributed by atoms with Gasteiger partial charge >= 0.3 is 0 Å². The molecule has 15 heavy (non-hydrogen) atoms. The monoisotopic (exact) mass is 198 g/mol. The minimum atomic E-state index is -0.582. The minimum absolute atomic E-state index is 0.0586. The molecule has 0 unspecified atom stereocenters. The predicted molar refractivity (Wildman–Crippen MR) is 49.4 cm³/mol. The standard InChI is InChI=1S/C11H10N4/c1-9-3-8(9)10(4-12)6-2-7(6)11(9,5-13)15-14-10/h6-8H,2-3H2,1H3/t6-,7+,8+,9-,10-,11+/m1/s1. The Morgan fingerprint density at radius 3 is 2.67 bits per heavy atom. The van der Waals surface area contributed by atoms with Crippen LogP contribution in [0.4, 0.5) is 0 Å². The molecule has 0 aromatic rings. The topological polar surface area (TPSA) is 72.3 Å². The maximum Gasteiger partial charge on any atom is 0.176 e. The molecule has 0 aromatic carbocycles. The van der Waals surface area contributed by atoms with Gasteiger partial charge in [-0.25, -0.2) is 0 Å². The van der Waals surface area contributed by atoms with Crippen molar-refractivity contribution in [3.05, 3.63) is 0 Å². The zero-order valence-corrected chi connectivity index (χ0v) is 8.44. The molecule has 4 nitrogen and oxygen atoms in total. The zero-order valence-electron chi connectivity index (χ0n) is 8.44. The molecule has 2 heterocycles. The van der Waals surface area contributed by atoms with Gasteiger partial charge in [0, 0.05) is 23.2 Å². The molecule has 3 aliphatic carbocycles. The summed E-state index contributed by atoms with van der Waals surface area (Å²) < 4.78 is 0. The highest BCUT2D eigenvalue weighted by Crippen LogP contribution is 2.81. The van der Waals surface area contributed by atoms with E-state index < -0.39 is 11.1 Å². The van der Waals surface area contributed by atoms with Crippen LogP contribution in [-0.2, 0) is 0 Å². The van der Waals surface area contributed by atoms with Crippen LogP contribution in [0, 0.1) is 45.8 Å². The molecule has 6 atom stereocenters. The second-order valence-corrected chi connectivity index (χ2v) is 5.64. The maximum atomic E-state index is 9.40. The second kappa shape index (κ2) is 1.69. The van der Waals surface area contributed by atoms with Crippen LogP contribution in [0.15, 0.2) is 10.2 Å².